The molecule has 1 unspecified atom stereocenters. The van der Waals surface area contributed by atoms with Crippen LogP contribution in [0.5, 0.6) is 0 Å². The average molecular weight is 241 g/mol. The SMILES string of the molecule is CC(NC1CCNCC1)C(=O)N1CCOCC1. The summed E-state index contributed by atoms with van der Waals surface area (Å²) in [6.07, 6.45) is 2.22. The highest BCUT2D eigenvalue weighted by atomic mass is 16.5. The van der Waals surface area contributed by atoms with E-state index in [0.717, 1.165) is 39.0 Å². The van der Waals surface area contributed by atoms with Crippen molar-refractivity contribution in [2.24, 2.45) is 0 Å². The topological polar surface area (TPSA) is 53.6 Å². The van der Waals surface area contributed by atoms with E-state index in [0.29, 0.717) is 19.3 Å². The Morgan fingerprint density at radius 2 is 2.00 bits per heavy atom. The predicted octanol–water partition coefficient (Wildman–Crippen LogP) is -0.425. The minimum absolute atomic E-state index is 0.0730. The molecular formula is C12H23N3O2. The van der Waals surface area contributed by atoms with Crippen molar-refractivity contribution in [3.63, 3.8) is 0 Å². The molecule has 0 bridgehead atoms. The molecule has 2 heterocycles. The highest BCUT2D eigenvalue weighted by Crippen LogP contribution is 2.06. The largest absolute Gasteiger partial charge is 0.378 e. The molecule has 0 spiro atoms. The van der Waals surface area contributed by atoms with E-state index < -0.39 is 0 Å². The lowest BCUT2D eigenvalue weighted by Crippen LogP contribution is -2.53. The molecule has 2 aliphatic heterocycles. The normalized spacial score (nSPS) is 24.6. The van der Waals surface area contributed by atoms with Gasteiger partial charge in [-0.25, -0.2) is 0 Å². The van der Waals surface area contributed by atoms with E-state index in [-0.39, 0.29) is 11.9 Å². The minimum atomic E-state index is -0.0730. The molecule has 5 heteroatoms. The molecule has 0 aliphatic carbocycles. The van der Waals surface area contributed by atoms with Crippen LogP contribution >= 0.6 is 0 Å². The van der Waals surface area contributed by atoms with Crippen LogP contribution in [-0.2, 0) is 9.53 Å². The van der Waals surface area contributed by atoms with E-state index in [1.54, 1.807) is 0 Å². The van der Waals surface area contributed by atoms with Crippen molar-refractivity contribution in [1.82, 2.24) is 15.5 Å². The fraction of sp³-hybridized carbons (Fsp3) is 0.917. The third kappa shape index (κ3) is 3.66. The first-order chi connectivity index (χ1) is 8.27. The molecule has 5 nitrogen and oxygen atoms in total. The fourth-order valence-electron chi connectivity index (χ4n) is 2.47. The Labute approximate surface area is 103 Å². The van der Waals surface area contributed by atoms with Crippen LogP contribution in [0.2, 0.25) is 0 Å². The Bertz CT molecular complexity index is 248. The summed E-state index contributed by atoms with van der Waals surface area (Å²) >= 11 is 0. The highest BCUT2D eigenvalue weighted by molar-refractivity contribution is 5.81. The molecule has 2 rings (SSSR count). The molecule has 98 valence electrons. The number of ether oxygens (including phenoxy) is 1. The van der Waals surface area contributed by atoms with Crippen molar-refractivity contribution >= 4 is 5.91 Å². The third-order valence-corrected chi connectivity index (χ3v) is 3.52. The average Bonchev–Trinajstić information content (AvgIpc) is 2.40. The molecule has 0 saturated carbocycles. The molecule has 0 radical (unpaired) electrons. The maximum Gasteiger partial charge on any atom is 0.239 e. The number of nitrogens with zero attached hydrogens (tertiary/aromatic N) is 1. The summed E-state index contributed by atoms with van der Waals surface area (Å²) in [6, 6.07) is 0.410. The quantitative estimate of drug-likeness (QED) is 0.704. The van der Waals surface area contributed by atoms with Crippen molar-refractivity contribution in [2.45, 2.75) is 31.8 Å². The van der Waals surface area contributed by atoms with E-state index in [1.807, 2.05) is 11.8 Å². The number of hydrogen-bond donors (Lipinski definition) is 2. The summed E-state index contributed by atoms with van der Waals surface area (Å²) < 4.78 is 5.26. The first kappa shape index (κ1) is 12.8. The predicted molar refractivity (Wildman–Crippen MR) is 65.9 cm³/mol. The fourth-order valence-corrected chi connectivity index (χ4v) is 2.47. The van der Waals surface area contributed by atoms with Crippen LogP contribution in [0.1, 0.15) is 19.8 Å². The van der Waals surface area contributed by atoms with E-state index in [2.05, 4.69) is 10.6 Å². The van der Waals surface area contributed by atoms with Crippen LogP contribution in [0.25, 0.3) is 0 Å². The van der Waals surface area contributed by atoms with Crippen molar-refractivity contribution in [2.75, 3.05) is 39.4 Å². The summed E-state index contributed by atoms with van der Waals surface area (Å²) in [4.78, 5) is 14.1. The number of morpholine rings is 1. The first-order valence-corrected chi connectivity index (χ1v) is 6.60. The lowest BCUT2D eigenvalue weighted by Gasteiger charge is -2.32. The van der Waals surface area contributed by atoms with Gasteiger partial charge in [-0.15, -0.1) is 0 Å². The summed E-state index contributed by atoms with van der Waals surface area (Å²) in [5, 5.41) is 6.77. The molecule has 2 fully saturated rings. The van der Waals surface area contributed by atoms with Gasteiger partial charge in [-0.05, 0) is 32.9 Å². The van der Waals surface area contributed by atoms with E-state index in [4.69, 9.17) is 4.74 Å². The molecule has 1 amide bonds. The second kappa shape index (κ2) is 6.33. The van der Waals surface area contributed by atoms with Crippen molar-refractivity contribution in [1.29, 1.82) is 0 Å². The number of piperidine rings is 1. The van der Waals surface area contributed by atoms with E-state index in [1.165, 1.54) is 0 Å². The Hall–Kier alpha value is -0.650. The lowest BCUT2D eigenvalue weighted by atomic mass is 10.1. The van der Waals surface area contributed by atoms with Crippen LogP contribution < -0.4 is 10.6 Å². The number of hydrogen-bond acceptors (Lipinski definition) is 4. The molecule has 2 aliphatic rings. The van der Waals surface area contributed by atoms with Gasteiger partial charge in [0.15, 0.2) is 0 Å². The molecule has 2 N–H and O–H groups in total. The number of carbonyl (C=O) groups excluding carboxylic acids is 1. The van der Waals surface area contributed by atoms with Crippen molar-refractivity contribution in [3.8, 4) is 0 Å². The van der Waals surface area contributed by atoms with Crippen LogP contribution in [0.4, 0.5) is 0 Å². The highest BCUT2D eigenvalue weighted by Gasteiger charge is 2.24. The Morgan fingerprint density at radius 3 is 2.65 bits per heavy atom. The Kier molecular flexibility index (Phi) is 4.76. The molecule has 0 aromatic carbocycles. The maximum absolute atomic E-state index is 12.2. The molecule has 0 aromatic heterocycles. The molecule has 0 aromatic rings. The molecular weight excluding hydrogens is 218 g/mol. The lowest BCUT2D eigenvalue weighted by molar-refractivity contribution is -0.137. The zero-order valence-corrected chi connectivity index (χ0v) is 10.6. The second-order valence-corrected chi connectivity index (χ2v) is 4.85. The van der Waals surface area contributed by atoms with Gasteiger partial charge in [-0.3, -0.25) is 4.79 Å². The van der Waals surface area contributed by atoms with Gasteiger partial charge >= 0.3 is 0 Å². The first-order valence-electron chi connectivity index (χ1n) is 6.60. The van der Waals surface area contributed by atoms with Gasteiger partial charge in [0.2, 0.25) is 5.91 Å². The van der Waals surface area contributed by atoms with Crippen molar-refractivity contribution < 1.29 is 9.53 Å². The van der Waals surface area contributed by atoms with Crippen LogP contribution in [0, 0.1) is 0 Å². The molecule has 1 atom stereocenters. The van der Waals surface area contributed by atoms with Gasteiger partial charge in [0.05, 0.1) is 19.3 Å². The monoisotopic (exact) mass is 241 g/mol. The summed E-state index contributed by atoms with van der Waals surface area (Å²) in [6.45, 7) is 6.89. The van der Waals surface area contributed by atoms with Crippen LogP contribution in [-0.4, -0.2) is 62.3 Å². The van der Waals surface area contributed by atoms with Gasteiger partial charge in [-0.1, -0.05) is 0 Å². The second-order valence-electron chi connectivity index (χ2n) is 4.85. The van der Waals surface area contributed by atoms with Gasteiger partial charge in [-0.2, -0.15) is 0 Å². The zero-order valence-electron chi connectivity index (χ0n) is 10.6. The van der Waals surface area contributed by atoms with Gasteiger partial charge < -0.3 is 20.3 Å². The number of nitrogens with one attached hydrogen (secondary N) is 2. The van der Waals surface area contributed by atoms with E-state index >= 15 is 0 Å². The number of amides is 1. The Balaban J connectivity index is 1.77. The minimum Gasteiger partial charge on any atom is -0.378 e. The number of carbonyl (C=O) groups is 1. The van der Waals surface area contributed by atoms with Gasteiger partial charge in [0.1, 0.15) is 0 Å². The van der Waals surface area contributed by atoms with Crippen molar-refractivity contribution in [3.05, 3.63) is 0 Å². The molecule has 2 saturated heterocycles. The maximum atomic E-state index is 12.2. The summed E-state index contributed by atoms with van der Waals surface area (Å²) in [5.74, 6) is 0.215. The third-order valence-electron chi connectivity index (χ3n) is 3.52. The van der Waals surface area contributed by atoms with Gasteiger partial charge in [0, 0.05) is 19.1 Å². The van der Waals surface area contributed by atoms with Crippen LogP contribution in [0.3, 0.4) is 0 Å². The zero-order chi connectivity index (χ0) is 12.1. The van der Waals surface area contributed by atoms with Gasteiger partial charge in [0.25, 0.3) is 0 Å². The smallest absolute Gasteiger partial charge is 0.239 e. The number of rotatable bonds is 3. The summed E-state index contributed by atoms with van der Waals surface area (Å²) in [5.41, 5.74) is 0. The standard InChI is InChI=1S/C12H23N3O2/c1-10(14-11-2-4-13-5-3-11)12(16)15-6-8-17-9-7-15/h10-11,13-14H,2-9H2,1H3. The summed E-state index contributed by atoms with van der Waals surface area (Å²) in [7, 11) is 0. The van der Waals surface area contributed by atoms with E-state index in [9.17, 15) is 4.79 Å². The molecule has 17 heavy (non-hydrogen) atoms. The Morgan fingerprint density at radius 1 is 1.35 bits per heavy atom. The van der Waals surface area contributed by atoms with Crippen LogP contribution in [0.15, 0.2) is 0 Å².